The summed E-state index contributed by atoms with van der Waals surface area (Å²) in [5.74, 6) is -0.129. The Hall–Kier alpha value is -2.53. The molecule has 30 heavy (non-hydrogen) atoms. The van der Waals surface area contributed by atoms with Gasteiger partial charge in [0.05, 0.1) is 4.91 Å². The Balaban J connectivity index is 1.38. The fourth-order valence-corrected chi connectivity index (χ4v) is 4.64. The van der Waals surface area contributed by atoms with Gasteiger partial charge in [-0.3, -0.25) is 4.79 Å². The lowest BCUT2D eigenvalue weighted by atomic mass is 9.87. The van der Waals surface area contributed by atoms with Crippen molar-refractivity contribution >= 4 is 34.6 Å². The van der Waals surface area contributed by atoms with Crippen LogP contribution in [0.2, 0.25) is 0 Å². The first-order chi connectivity index (χ1) is 14.3. The third-order valence-corrected chi connectivity index (χ3v) is 6.68. The number of amidine groups is 1. The maximum Gasteiger partial charge on any atom is 0.286 e. The number of nitrogens with zero attached hydrogens (tertiary/aromatic N) is 3. The second-order valence-electron chi connectivity index (χ2n) is 8.99. The first-order valence-corrected chi connectivity index (χ1v) is 11.3. The number of anilines is 1. The molecule has 4 rings (SSSR count). The summed E-state index contributed by atoms with van der Waals surface area (Å²) in [5, 5.41) is 0.834. The molecule has 2 aliphatic heterocycles. The van der Waals surface area contributed by atoms with Gasteiger partial charge in [-0.15, -0.1) is 0 Å². The highest BCUT2D eigenvalue weighted by Crippen LogP contribution is 2.31. The van der Waals surface area contributed by atoms with E-state index in [9.17, 15) is 4.79 Å². The predicted molar refractivity (Wildman–Crippen MR) is 128 cm³/mol. The van der Waals surface area contributed by atoms with Gasteiger partial charge in [0, 0.05) is 31.9 Å². The minimum absolute atomic E-state index is 0.126. The van der Waals surface area contributed by atoms with Gasteiger partial charge in [0.25, 0.3) is 5.91 Å². The Morgan fingerprint density at radius 1 is 0.900 bits per heavy atom. The van der Waals surface area contributed by atoms with Crippen LogP contribution in [-0.2, 0) is 10.2 Å². The molecule has 0 spiro atoms. The summed E-state index contributed by atoms with van der Waals surface area (Å²) in [6.07, 6.45) is 1.96. The molecule has 1 amide bonds. The third-order valence-electron chi connectivity index (χ3n) is 5.63. The van der Waals surface area contributed by atoms with Gasteiger partial charge in [-0.2, -0.15) is 4.99 Å². The average molecular weight is 420 g/mol. The Morgan fingerprint density at radius 3 is 2.10 bits per heavy atom. The Labute approximate surface area is 183 Å². The molecule has 5 heteroatoms. The van der Waals surface area contributed by atoms with Crippen LogP contribution >= 0.6 is 11.8 Å². The van der Waals surface area contributed by atoms with Crippen LogP contribution in [0.5, 0.6) is 0 Å². The maximum absolute atomic E-state index is 12.5. The summed E-state index contributed by atoms with van der Waals surface area (Å²) in [5.41, 5.74) is 5.00. The summed E-state index contributed by atoms with van der Waals surface area (Å²) >= 11 is 1.50. The zero-order chi connectivity index (χ0) is 21.3. The third kappa shape index (κ3) is 4.62. The second-order valence-corrected chi connectivity index (χ2v) is 10.0. The van der Waals surface area contributed by atoms with Crippen molar-refractivity contribution in [3.63, 3.8) is 0 Å². The molecule has 0 bridgehead atoms. The normalized spacial score (nSPS) is 18.9. The van der Waals surface area contributed by atoms with Crippen molar-refractivity contribution < 1.29 is 4.79 Å². The lowest BCUT2D eigenvalue weighted by Gasteiger charge is -2.36. The number of benzene rings is 2. The maximum atomic E-state index is 12.5. The zero-order valence-electron chi connectivity index (χ0n) is 18.2. The average Bonchev–Trinajstić information content (AvgIpc) is 3.09. The van der Waals surface area contributed by atoms with E-state index in [4.69, 9.17) is 0 Å². The van der Waals surface area contributed by atoms with Crippen LogP contribution in [0.3, 0.4) is 0 Å². The fourth-order valence-electron chi connectivity index (χ4n) is 3.68. The molecular formula is C25H29N3OS. The number of hydrogen-bond acceptors (Lipinski definition) is 4. The standard InChI is InChI=1S/C25H29N3OS/c1-18-5-11-21(12-6-18)27-13-15-28(16-14-27)24-26-23(29)22(30-24)17-19-7-9-20(10-8-19)25(2,3)4/h5-12,17H,13-16H2,1-4H3/b22-17+. The predicted octanol–water partition coefficient (Wildman–Crippen LogP) is 5.09. The Kier molecular flexibility index (Phi) is 5.74. The second kappa shape index (κ2) is 8.31. The summed E-state index contributed by atoms with van der Waals surface area (Å²) in [7, 11) is 0. The van der Waals surface area contributed by atoms with Crippen LogP contribution in [0.4, 0.5) is 5.69 Å². The highest BCUT2D eigenvalue weighted by molar-refractivity contribution is 8.18. The molecule has 2 heterocycles. The molecule has 0 aliphatic carbocycles. The van der Waals surface area contributed by atoms with Crippen LogP contribution in [0.15, 0.2) is 58.4 Å². The molecule has 0 saturated carbocycles. The van der Waals surface area contributed by atoms with Gasteiger partial charge in [0.1, 0.15) is 0 Å². The van der Waals surface area contributed by atoms with E-state index in [1.54, 1.807) is 0 Å². The highest BCUT2D eigenvalue weighted by Gasteiger charge is 2.28. The molecule has 2 aliphatic rings. The molecular weight excluding hydrogens is 390 g/mol. The van der Waals surface area contributed by atoms with Gasteiger partial charge in [0.15, 0.2) is 5.17 Å². The van der Waals surface area contributed by atoms with Gasteiger partial charge in [0.2, 0.25) is 0 Å². The number of amides is 1. The zero-order valence-corrected chi connectivity index (χ0v) is 19.0. The minimum Gasteiger partial charge on any atom is -0.368 e. The fraction of sp³-hybridized carbons (Fsp3) is 0.360. The quantitative estimate of drug-likeness (QED) is 0.636. The van der Waals surface area contributed by atoms with Crippen molar-refractivity contribution in [1.82, 2.24) is 4.90 Å². The first-order valence-electron chi connectivity index (χ1n) is 10.5. The number of rotatable bonds is 2. The molecule has 4 nitrogen and oxygen atoms in total. The van der Waals surface area contributed by atoms with Gasteiger partial charge in [-0.05, 0) is 53.4 Å². The molecule has 0 radical (unpaired) electrons. The van der Waals surface area contributed by atoms with E-state index in [0.29, 0.717) is 4.91 Å². The Bertz CT molecular complexity index is 977. The molecule has 2 aromatic carbocycles. The number of carbonyl (C=O) groups is 1. The van der Waals surface area contributed by atoms with E-state index in [0.717, 1.165) is 36.9 Å². The minimum atomic E-state index is -0.129. The smallest absolute Gasteiger partial charge is 0.286 e. The number of hydrogen-bond donors (Lipinski definition) is 0. The van der Waals surface area contributed by atoms with Crippen molar-refractivity contribution in [3.8, 4) is 0 Å². The monoisotopic (exact) mass is 419 g/mol. The molecule has 156 valence electrons. The van der Waals surface area contributed by atoms with Crippen molar-refractivity contribution in [1.29, 1.82) is 0 Å². The number of aliphatic imine (C=N–C) groups is 1. The number of aryl methyl sites for hydroxylation is 1. The van der Waals surface area contributed by atoms with Crippen molar-refractivity contribution in [2.45, 2.75) is 33.1 Å². The van der Waals surface area contributed by atoms with Gasteiger partial charge in [-0.1, -0.05) is 62.7 Å². The lowest BCUT2D eigenvalue weighted by molar-refractivity contribution is -0.113. The summed E-state index contributed by atoms with van der Waals surface area (Å²) < 4.78 is 0. The molecule has 1 fully saturated rings. The topological polar surface area (TPSA) is 35.9 Å². The van der Waals surface area contributed by atoms with Crippen molar-refractivity contribution in [3.05, 3.63) is 70.1 Å². The summed E-state index contributed by atoms with van der Waals surface area (Å²) in [4.78, 5) is 22.1. The van der Waals surface area contributed by atoms with E-state index in [1.807, 2.05) is 6.08 Å². The van der Waals surface area contributed by atoms with Gasteiger partial charge < -0.3 is 9.80 Å². The van der Waals surface area contributed by atoms with Crippen molar-refractivity contribution in [2.75, 3.05) is 31.1 Å². The summed E-state index contributed by atoms with van der Waals surface area (Å²) in [6, 6.07) is 17.1. The van der Waals surface area contributed by atoms with Gasteiger partial charge in [-0.25, -0.2) is 0 Å². The molecule has 0 unspecified atom stereocenters. The van der Waals surface area contributed by atoms with E-state index < -0.39 is 0 Å². The van der Waals surface area contributed by atoms with E-state index >= 15 is 0 Å². The number of carbonyl (C=O) groups excluding carboxylic acids is 1. The molecule has 0 N–H and O–H groups in total. The van der Waals surface area contributed by atoms with Crippen molar-refractivity contribution in [2.24, 2.45) is 4.99 Å². The molecule has 0 aromatic heterocycles. The molecule has 0 atom stereocenters. The van der Waals surface area contributed by atoms with Crippen LogP contribution in [0.1, 0.15) is 37.5 Å². The van der Waals surface area contributed by atoms with Crippen LogP contribution in [0.25, 0.3) is 6.08 Å². The first kappa shape index (κ1) is 20.7. The number of piperazine rings is 1. The SMILES string of the molecule is Cc1ccc(N2CCN(C3=NC(=O)/C(=C\c4ccc(C(C)(C)C)cc4)S3)CC2)cc1. The van der Waals surface area contributed by atoms with Gasteiger partial charge >= 0.3 is 0 Å². The number of thioether (sulfide) groups is 1. The molecule has 2 aromatic rings. The van der Waals surface area contributed by atoms with Crippen LogP contribution < -0.4 is 4.90 Å². The largest absolute Gasteiger partial charge is 0.368 e. The van der Waals surface area contributed by atoms with Crippen LogP contribution in [-0.4, -0.2) is 42.2 Å². The van der Waals surface area contributed by atoms with E-state index in [-0.39, 0.29) is 11.3 Å². The van der Waals surface area contributed by atoms with Crippen LogP contribution in [0, 0.1) is 6.92 Å². The summed E-state index contributed by atoms with van der Waals surface area (Å²) in [6.45, 7) is 12.3. The molecule has 1 saturated heterocycles. The lowest BCUT2D eigenvalue weighted by Crippen LogP contribution is -2.47. The highest BCUT2D eigenvalue weighted by atomic mass is 32.2. The van der Waals surface area contributed by atoms with E-state index in [2.05, 4.69) is 91.0 Å². The Morgan fingerprint density at radius 2 is 1.50 bits per heavy atom. The van der Waals surface area contributed by atoms with E-state index in [1.165, 1.54) is 28.6 Å².